The van der Waals surface area contributed by atoms with E-state index in [4.69, 9.17) is 14.2 Å². The van der Waals surface area contributed by atoms with Crippen LogP contribution in [0.3, 0.4) is 0 Å². The summed E-state index contributed by atoms with van der Waals surface area (Å²) in [6, 6.07) is 10.2. The number of amides is 1. The topological polar surface area (TPSA) is 99.3 Å². The molecule has 0 bridgehead atoms. The number of thiazole rings is 1. The first-order valence-electron chi connectivity index (χ1n) is 9.39. The van der Waals surface area contributed by atoms with Gasteiger partial charge in [0.15, 0.2) is 11.5 Å². The Labute approximate surface area is 179 Å². The van der Waals surface area contributed by atoms with Gasteiger partial charge in [0.2, 0.25) is 5.88 Å². The molecule has 0 spiro atoms. The first-order valence-corrected chi connectivity index (χ1v) is 10.2. The van der Waals surface area contributed by atoms with Crippen LogP contribution in [0.1, 0.15) is 4.88 Å². The number of fused-ring (bicyclic) bond motifs is 2. The molecular weight excluding hydrogens is 420 g/mol. The first kappa shape index (κ1) is 19.1. The third-order valence-electron chi connectivity index (χ3n) is 4.88. The van der Waals surface area contributed by atoms with Gasteiger partial charge >= 0.3 is 4.87 Å². The molecule has 1 aromatic heterocycles. The van der Waals surface area contributed by atoms with Crippen molar-refractivity contribution in [3.05, 3.63) is 67.1 Å². The standard InChI is InChI=1S/C22H16N2O6S/c1-28-15-4-2-3-14(10-15)24-21(26)19(31-22(24)27)9-13-7-12-8-17-18(30-6-5-29-17)11-16(12)23-20(13)25/h2-4,7-11,26H,5-6H2,1H3. The second-order valence-electron chi connectivity index (χ2n) is 6.81. The van der Waals surface area contributed by atoms with Gasteiger partial charge in [0.05, 0.1) is 23.0 Å². The number of aromatic hydroxyl groups is 1. The fourth-order valence-electron chi connectivity index (χ4n) is 3.41. The van der Waals surface area contributed by atoms with Gasteiger partial charge in [-0.25, -0.2) is 9.56 Å². The zero-order chi connectivity index (χ0) is 21.5. The van der Waals surface area contributed by atoms with Crippen LogP contribution in [0.15, 0.2) is 51.8 Å². The van der Waals surface area contributed by atoms with E-state index in [1.54, 1.807) is 42.5 Å². The summed E-state index contributed by atoms with van der Waals surface area (Å²) in [5.41, 5.74) is 0.707. The zero-order valence-corrected chi connectivity index (χ0v) is 17.1. The average molecular weight is 436 g/mol. The number of aromatic nitrogens is 1. The molecule has 3 heterocycles. The van der Waals surface area contributed by atoms with E-state index in [0.717, 1.165) is 11.3 Å². The van der Waals surface area contributed by atoms with Crippen molar-refractivity contribution in [1.29, 1.82) is 0 Å². The quantitative estimate of drug-likeness (QED) is 0.624. The Bertz CT molecular complexity index is 1430. The van der Waals surface area contributed by atoms with Crippen LogP contribution in [-0.2, 0) is 4.79 Å². The molecule has 3 aromatic rings. The van der Waals surface area contributed by atoms with E-state index in [9.17, 15) is 14.7 Å². The number of rotatable bonds is 3. The highest BCUT2D eigenvalue weighted by Crippen LogP contribution is 2.29. The third-order valence-corrected chi connectivity index (χ3v) is 5.76. The maximum Gasteiger partial charge on any atom is 0.315 e. The maximum atomic E-state index is 12.6. The van der Waals surface area contributed by atoms with Crippen LogP contribution in [0.25, 0.3) is 17.8 Å². The number of nitrogens with zero attached hydrogens (tertiary/aromatic N) is 2. The Balaban J connectivity index is 1.59. The Morgan fingerprint density at radius 1 is 1.16 bits per heavy atom. The molecule has 2 aliphatic rings. The summed E-state index contributed by atoms with van der Waals surface area (Å²) in [5.74, 6) is 0.952. The van der Waals surface area contributed by atoms with Crippen LogP contribution in [-0.4, -0.2) is 35.9 Å². The monoisotopic (exact) mass is 436 g/mol. The summed E-state index contributed by atoms with van der Waals surface area (Å²) in [5, 5.41) is 11.9. The molecule has 5 rings (SSSR count). The van der Waals surface area contributed by atoms with Crippen LogP contribution in [0.4, 0.5) is 0 Å². The van der Waals surface area contributed by atoms with Gasteiger partial charge in [0.1, 0.15) is 19.0 Å². The van der Waals surface area contributed by atoms with Gasteiger partial charge in [-0.15, -0.1) is 0 Å². The van der Waals surface area contributed by atoms with E-state index in [0.29, 0.717) is 46.7 Å². The van der Waals surface area contributed by atoms with Crippen molar-refractivity contribution in [2.24, 2.45) is 4.99 Å². The molecule has 31 heavy (non-hydrogen) atoms. The molecule has 0 aliphatic carbocycles. The molecule has 0 radical (unpaired) electrons. The van der Waals surface area contributed by atoms with Gasteiger partial charge in [-0.2, -0.15) is 0 Å². The van der Waals surface area contributed by atoms with Crippen molar-refractivity contribution in [3.63, 3.8) is 0 Å². The van der Waals surface area contributed by atoms with Crippen molar-refractivity contribution < 1.29 is 24.1 Å². The number of carbonyl (C=O) groups is 1. The Hall–Kier alpha value is -3.85. The first-order chi connectivity index (χ1) is 15.0. The van der Waals surface area contributed by atoms with Crippen molar-refractivity contribution in [1.82, 2.24) is 4.57 Å². The van der Waals surface area contributed by atoms with Crippen LogP contribution in [0, 0.1) is 0 Å². The molecular formula is C22H16N2O6S. The van der Waals surface area contributed by atoms with E-state index in [2.05, 4.69) is 4.99 Å². The lowest BCUT2D eigenvalue weighted by molar-refractivity contribution is -0.114. The minimum atomic E-state index is -0.475. The van der Waals surface area contributed by atoms with Gasteiger partial charge < -0.3 is 19.3 Å². The summed E-state index contributed by atoms with van der Waals surface area (Å²) in [4.78, 5) is 29.1. The van der Waals surface area contributed by atoms with Gasteiger partial charge in [-0.05, 0) is 30.4 Å². The van der Waals surface area contributed by atoms with E-state index < -0.39 is 10.8 Å². The van der Waals surface area contributed by atoms with Gasteiger partial charge in [0.25, 0.3) is 5.91 Å². The Morgan fingerprint density at radius 3 is 2.71 bits per heavy atom. The predicted octanol–water partition coefficient (Wildman–Crippen LogP) is 1.41. The van der Waals surface area contributed by atoms with Gasteiger partial charge in [-0.1, -0.05) is 17.4 Å². The lowest BCUT2D eigenvalue weighted by Crippen LogP contribution is -2.32. The van der Waals surface area contributed by atoms with Crippen molar-refractivity contribution >= 4 is 29.4 Å². The number of carbonyl (C=O) groups excluding carboxylic acids is 1. The number of methoxy groups -OCH3 is 1. The lowest BCUT2D eigenvalue weighted by Gasteiger charge is -2.18. The Kier molecular flexibility index (Phi) is 4.59. The molecule has 2 aromatic carbocycles. The maximum absolute atomic E-state index is 12.6. The molecule has 156 valence electrons. The number of benzene rings is 2. The summed E-state index contributed by atoms with van der Waals surface area (Å²) in [7, 11) is 1.52. The average Bonchev–Trinajstić information content (AvgIpc) is 3.05. The second-order valence-corrected chi connectivity index (χ2v) is 7.80. The molecule has 9 heteroatoms. The summed E-state index contributed by atoms with van der Waals surface area (Å²) in [6.07, 6.45) is 3.12. The molecule has 1 N–H and O–H groups in total. The molecule has 0 fully saturated rings. The highest BCUT2D eigenvalue weighted by molar-refractivity contribution is 7.10. The van der Waals surface area contributed by atoms with E-state index in [-0.39, 0.29) is 16.3 Å². The predicted molar refractivity (Wildman–Crippen MR) is 114 cm³/mol. The minimum Gasteiger partial charge on any atom is -0.497 e. The SMILES string of the molecule is COc1cccc(-n2c(O)c(C=C3C=c4cc5c(cc4=NC3=O)OCCO5)sc2=O)c1. The molecule has 0 saturated heterocycles. The fraction of sp³-hybridized carbons (Fsp3) is 0.136. The Morgan fingerprint density at radius 2 is 1.94 bits per heavy atom. The largest absolute Gasteiger partial charge is 0.497 e. The van der Waals surface area contributed by atoms with Crippen molar-refractivity contribution in [2.75, 3.05) is 20.3 Å². The number of hydrogen-bond acceptors (Lipinski definition) is 7. The van der Waals surface area contributed by atoms with Crippen LogP contribution < -0.4 is 29.7 Å². The molecule has 8 nitrogen and oxygen atoms in total. The van der Waals surface area contributed by atoms with Crippen LogP contribution in [0.2, 0.25) is 0 Å². The molecule has 0 saturated carbocycles. The minimum absolute atomic E-state index is 0.249. The summed E-state index contributed by atoms with van der Waals surface area (Å²) in [6.45, 7) is 0.890. The highest BCUT2D eigenvalue weighted by Gasteiger charge is 2.19. The van der Waals surface area contributed by atoms with E-state index >= 15 is 0 Å². The third kappa shape index (κ3) is 3.38. The molecule has 1 amide bonds. The molecule has 0 atom stereocenters. The van der Waals surface area contributed by atoms with E-state index in [1.807, 2.05) is 0 Å². The second kappa shape index (κ2) is 7.44. The highest BCUT2D eigenvalue weighted by atomic mass is 32.1. The normalized spacial score (nSPS) is 15.8. The van der Waals surface area contributed by atoms with Crippen molar-refractivity contribution in [3.8, 4) is 28.8 Å². The van der Waals surface area contributed by atoms with Crippen molar-refractivity contribution in [2.45, 2.75) is 0 Å². The van der Waals surface area contributed by atoms with Gasteiger partial charge in [0, 0.05) is 22.9 Å². The lowest BCUT2D eigenvalue weighted by atomic mass is 10.1. The number of ether oxygens (including phenoxy) is 3. The van der Waals surface area contributed by atoms with Crippen LogP contribution in [0.5, 0.6) is 23.1 Å². The summed E-state index contributed by atoms with van der Waals surface area (Å²) >= 11 is 0.831. The zero-order valence-electron chi connectivity index (χ0n) is 16.3. The molecule has 0 unspecified atom stereocenters. The smallest absolute Gasteiger partial charge is 0.315 e. The van der Waals surface area contributed by atoms with E-state index in [1.165, 1.54) is 17.8 Å². The van der Waals surface area contributed by atoms with Gasteiger partial charge in [-0.3, -0.25) is 9.59 Å². The van der Waals surface area contributed by atoms with Crippen LogP contribution >= 0.6 is 11.3 Å². The summed E-state index contributed by atoms with van der Waals surface area (Å²) < 4.78 is 17.5. The number of hydrogen-bond donors (Lipinski definition) is 1. The fourth-order valence-corrected chi connectivity index (χ4v) is 4.25. The molecule has 2 aliphatic heterocycles.